The molecule has 2 fully saturated rings. The predicted octanol–water partition coefficient (Wildman–Crippen LogP) is 5.98. The van der Waals surface area contributed by atoms with Gasteiger partial charge in [0.25, 0.3) is 0 Å². The third-order valence-corrected chi connectivity index (χ3v) is 6.04. The highest BCUT2D eigenvalue weighted by Gasteiger charge is 2.46. The summed E-state index contributed by atoms with van der Waals surface area (Å²) < 4.78 is 11.5. The van der Waals surface area contributed by atoms with Gasteiger partial charge in [0.05, 0.1) is 13.2 Å². The van der Waals surface area contributed by atoms with Crippen molar-refractivity contribution < 1.29 is 24.0 Å². The van der Waals surface area contributed by atoms with Crippen LogP contribution in [0, 0.1) is 0 Å². The third-order valence-electron chi connectivity index (χ3n) is 6.04. The van der Waals surface area contributed by atoms with Crippen LogP contribution in [0.4, 0.5) is 0 Å². The van der Waals surface area contributed by atoms with Gasteiger partial charge < -0.3 is 9.47 Å². The lowest BCUT2D eigenvalue weighted by Gasteiger charge is -2.44. The van der Waals surface area contributed by atoms with E-state index in [-0.39, 0.29) is 0 Å². The molecule has 1 atom stereocenters. The van der Waals surface area contributed by atoms with E-state index in [1.54, 1.807) is 13.0 Å². The van der Waals surface area contributed by atoms with E-state index in [1.807, 2.05) is 30.3 Å². The van der Waals surface area contributed by atoms with Gasteiger partial charge in [0, 0.05) is 18.9 Å². The lowest BCUT2D eigenvalue weighted by molar-refractivity contribution is -0.511. The molecule has 166 valence electrons. The van der Waals surface area contributed by atoms with Gasteiger partial charge in [0.15, 0.2) is 5.60 Å². The fourth-order valence-corrected chi connectivity index (χ4v) is 4.23. The normalized spacial score (nSPS) is 26.0. The Kier molecular flexibility index (Phi) is 8.91. The molecule has 0 radical (unpaired) electrons. The van der Waals surface area contributed by atoms with Crippen molar-refractivity contribution >= 4 is 5.97 Å². The van der Waals surface area contributed by atoms with Crippen molar-refractivity contribution in [1.82, 2.24) is 0 Å². The van der Waals surface area contributed by atoms with Crippen LogP contribution in [0.25, 0.3) is 0 Å². The van der Waals surface area contributed by atoms with Crippen LogP contribution in [0.2, 0.25) is 0 Å². The van der Waals surface area contributed by atoms with Crippen molar-refractivity contribution in [3.63, 3.8) is 0 Å². The molecule has 5 heteroatoms. The molecule has 1 aromatic rings. The minimum atomic E-state index is -0.969. The van der Waals surface area contributed by atoms with Crippen molar-refractivity contribution in [2.45, 2.75) is 88.9 Å². The van der Waals surface area contributed by atoms with Gasteiger partial charge in [-0.25, -0.2) is 9.68 Å². The molecular formula is C25H36O5. The summed E-state index contributed by atoms with van der Waals surface area (Å²) >= 11 is 0. The smallest absolute Gasteiger partial charge is 0.330 e. The molecule has 0 aromatic heterocycles. The van der Waals surface area contributed by atoms with Crippen LogP contribution in [0.15, 0.2) is 42.5 Å². The Balaban J connectivity index is 1.74. The standard InChI is InChI=1S/C25H36O5/c1-2-27-23(26)17-20-24(22-15-11-10-12-16-22)21-28-25(30-29-24)18-13-8-6-4-3-5-7-9-14-19-25/h10-12,15-17,20H,2-9,13-14,18-19,21H2,1H3/b20-17+. The Hall–Kier alpha value is -1.69. The topological polar surface area (TPSA) is 54.0 Å². The molecule has 1 aliphatic carbocycles. The largest absolute Gasteiger partial charge is 0.463 e. The highest BCUT2D eigenvalue weighted by Crippen LogP contribution is 2.41. The molecular weight excluding hydrogens is 380 g/mol. The highest BCUT2D eigenvalue weighted by atomic mass is 17.2. The van der Waals surface area contributed by atoms with Gasteiger partial charge in [-0.1, -0.05) is 75.3 Å². The average Bonchev–Trinajstić information content (AvgIpc) is 2.77. The number of rotatable bonds is 4. The summed E-state index contributed by atoms with van der Waals surface area (Å²) in [7, 11) is 0. The van der Waals surface area contributed by atoms with E-state index < -0.39 is 17.4 Å². The van der Waals surface area contributed by atoms with Crippen molar-refractivity contribution in [2.75, 3.05) is 13.2 Å². The number of hydrogen-bond acceptors (Lipinski definition) is 5. The second-order valence-electron chi connectivity index (χ2n) is 8.39. The zero-order valence-corrected chi connectivity index (χ0v) is 18.3. The predicted molar refractivity (Wildman–Crippen MR) is 116 cm³/mol. The lowest BCUT2D eigenvalue weighted by atomic mass is 9.92. The molecule has 1 saturated heterocycles. The van der Waals surface area contributed by atoms with E-state index in [4.69, 9.17) is 19.2 Å². The zero-order chi connectivity index (χ0) is 21.1. The van der Waals surface area contributed by atoms with Gasteiger partial charge in [-0.3, -0.25) is 0 Å². The van der Waals surface area contributed by atoms with Gasteiger partial charge in [0.2, 0.25) is 5.79 Å². The van der Waals surface area contributed by atoms with Crippen LogP contribution < -0.4 is 0 Å². The number of hydrogen-bond donors (Lipinski definition) is 0. The monoisotopic (exact) mass is 416 g/mol. The molecule has 1 heterocycles. The molecule has 1 spiro atoms. The maximum atomic E-state index is 11.9. The number of benzene rings is 1. The fraction of sp³-hybridized carbons (Fsp3) is 0.640. The van der Waals surface area contributed by atoms with Gasteiger partial charge >= 0.3 is 5.97 Å². The lowest BCUT2D eigenvalue weighted by Crippen LogP contribution is -2.50. The van der Waals surface area contributed by atoms with Gasteiger partial charge in [-0.05, 0) is 31.4 Å². The van der Waals surface area contributed by atoms with E-state index in [0.717, 1.165) is 31.2 Å². The van der Waals surface area contributed by atoms with Gasteiger partial charge in [-0.15, -0.1) is 0 Å². The summed E-state index contributed by atoms with van der Waals surface area (Å²) in [6.07, 6.45) is 15.8. The summed E-state index contributed by atoms with van der Waals surface area (Å²) in [5.74, 6) is -1.10. The molecule has 3 rings (SSSR count). The molecule has 2 aliphatic rings. The minimum absolute atomic E-state index is 0.299. The Bertz CT molecular complexity index is 647. The molecule has 1 aliphatic heterocycles. The van der Waals surface area contributed by atoms with Crippen molar-refractivity contribution in [1.29, 1.82) is 0 Å². The summed E-state index contributed by atoms with van der Waals surface area (Å²) in [6.45, 7) is 2.42. The van der Waals surface area contributed by atoms with E-state index in [2.05, 4.69) is 0 Å². The molecule has 0 N–H and O–H groups in total. The molecule has 1 unspecified atom stereocenters. The summed E-state index contributed by atoms with van der Waals surface area (Å²) in [5, 5.41) is 0. The van der Waals surface area contributed by atoms with Crippen molar-refractivity contribution in [3.05, 3.63) is 48.0 Å². The quantitative estimate of drug-likeness (QED) is 0.343. The first-order valence-electron chi connectivity index (χ1n) is 11.6. The first-order chi connectivity index (χ1) is 14.7. The van der Waals surface area contributed by atoms with Crippen LogP contribution in [-0.4, -0.2) is 25.0 Å². The van der Waals surface area contributed by atoms with Crippen LogP contribution in [0.5, 0.6) is 0 Å². The maximum Gasteiger partial charge on any atom is 0.330 e. The van der Waals surface area contributed by atoms with Gasteiger partial charge in [-0.2, -0.15) is 4.89 Å². The Labute approximate surface area is 180 Å². The maximum absolute atomic E-state index is 11.9. The second-order valence-corrected chi connectivity index (χ2v) is 8.39. The Morgan fingerprint density at radius 1 is 0.933 bits per heavy atom. The second kappa shape index (κ2) is 11.6. The molecule has 5 nitrogen and oxygen atoms in total. The van der Waals surface area contributed by atoms with E-state index >= 15 is 0 Å². The van der Waals surface area contributed by atoms with Gasteiger partial charge in [0.1, 0.15) is 0 Å². The average molecular weight is 417 g/mol. The van der Waals surface area contributed by atoms with E-state index in [1.165, 1.54) is 51.0 Å². The highest BCUT2D eigenvalue weighted by molar-refractivity contribution is 5.82. The van der Waals surface area contributed by atoms with Crippen LogP contribution in [0.1, 0.15) is 83.1 Å². The minimum Gasteiger partial charge on any atom is -0.463 e. The zero-order valence-electron chi connectivity index (χ0n) is 18.3. The van der Waals surface area contributed by atoms with Crippen molar-refractivity contribution in [3.8, 4) is 0 Å². The van der Waals surface area contributed by atoms with E-state index in [0.29, 0.717) is 13.2 Å². The number of carbonyl (C=O) groups excluding carboxylic acids is 1. The summed E-state index contributed by atoms with van der Waals surface area (Å²) in [5.41, 5.74) is -0.0864. The summed E-state index contributed by atoms with van der Waals surface area (Å²) in [6, 6.07) is 9.76. The number of ether oxygens (including phenoxy) is 2. The molecule has 0 amide bonds. The number of esters is 1. The SMILES string of the molecule is CCOC(=O)/C=C/C1(c2ccccc2)COC2(CCCCCCCCCCC2)OO1. The fourth-order valence-electron chi connectivity index (χ4n) is 4.23. The third kappa shape index (κ3) is 6.40. The number of carbonyl (C=O) groups is 1. The Morgan fingerprint density at radius 2 is 1.53 bits per heavy atom. The van der Waals surface area contributed by atoms with Crippen molar-refractivity contribution in [2.24, 2.45) is 0 Å². The molecule has 1 saturated carbocycles. The van der Waals surface area contributed by atoms with Crippen LogP contribution in [0.3, 0.4) is 0 Å². The van der Waals surface area contributed by atoms with Crippen LogP contribution >= 0.6 is 0 Å². The van der Waals surface area contributed by atoms with Crippen LogP contribution in [-0.2, 0) is 29.6 Å². The summed E-state index contributed by atoms with van der Waals surface area (Å²) in [4.78, 5) is 24.0. The van der Waals surface area contributed by atoms with E-state index in [9.17, 15) is 4.79 Å². The molecule has 0 bridgehead atoms. The molecule has 1 aromatic carbocycles. The molecule has 30 heavy (non-hydrogen) atoms. The first-order valence-corrected chi connectivity index (χ1v) is 11.6. The first kappa shape index (κ1) is 23.0. The Morgan fingerprint density at radius 3 is 2.07 bits per heavy atom.